The van der Waals surface area contributed by atoms with Crippen molar-refractivity contribution in [3.05, 3.63) is 28.2 Å². The molecule has 0 spiro atoms. The van der Waals surface area contributed by atoms with Gasteiger partial charge in [0.05, 0.1) is 12.8 Å². The predicted molar refractivity (Wildman–Crippen MR) is 72.5 cm³/mol. The van der Waals surface area contributed by atoms with Gasteiger partial charge in [-0.3, -0.25) is 4.79 Å². The fourth-order valence-electron chi connectivity index (χ4n) is 1.55. The number of thioether (sulfide) groups is 1. The number of fused-ring (bicyclic) bond motifs is 1. The minimum absolute atomic E-state index is 0.0534. The molecule has 2 rings (SSSR count). The molecule has 2 aromatic heterocycles. The maximum absolute atomic E-state index is 12.2. The largest absolute Gasteiger partial charge is 0.462 e. The van der Waals surface area contributed by atoms with E-state index in [1.54, 1.807) is 13.1 Å². The van der Waals surface area contributed by atoms with Crippen LogP contribution in [0, 0.1) is 0 Å². The Kier molecular flexibility index (Phi) is 4.16. The summed E-state index contributed by atoms with van der Waals surface area (Å²) in [5.41, 5.74) is 0.00283. The Morgan fingerprint density at radius 2 is 2.26 bits per heavy atom. The lowest BCUT2D eigenvalue weighted by Crippen LogP contribution is -2.19. The third-order valence-corrected chi connectivity index (χ3v) is 3.13. The van der Waals surface area contributed by atoms with Crippen molar-refractivity contribution in [1.82, 2.24) is 15.0 Å². The number of aromatic nitrogens is 3. The second-order valence-electron chi connectivity index (χ2n) is 3.59. The summed E-state index contributed by atoms with van der Waals surface area (Å²) in [7, 11) is 0. The summed E-state index contributed by atoms with van der Waals surface area (Å²) in [5, 5.41) is 0.654. The highest BCUT2D eigenvalue weighted by Gasteiger charge is 2.15. The molecule has 0 saturated carbocycles. The van der Waals surface area contributed by atoms with Crippen molar-refractivity contribution in [3.8, 4) is 0 Å². The molecule has 0 aromatic carbocycles. The summed E-state index contributed by atoms with van der Waals surface area (Å²) >= 11 is 1.48. The highest BCUT2D eigenvalue weighted by atomic mass is 32.2. The van der Waals surface area contributed by atoms with Crippen LogP contribution in [-0.2, 0) is 4.74 Å². The molecule has 100 valence electrons. The van der Waals surface area contributed by atoms with Crippen LogP contribution in [0.2, 0.25) is 0 Å². The number of carbonyl (C=O) groups is 1. The van der Waals surface area contributed by atoms with E-state index in [1.165, 1.54) is 18.0 Å². The summed E-state index contributed by atoms with van der Waals surface area (Å²) in [5.74, 6) is 0.177. The van der Waals surface area contributed by atoms with Crippen molar-refractivity contribution in [2.24, 2.45) is 0 Å². The van der Waals surface area contributed by atoms with E-state index < -0.39 is 11.4 Å². The summed E-state index contributed by atoms with van der Waals surface area (Å²) < 4.78 is 4.82. The number of esters is 1. The molecule has 0 aliphatic carbocycles. The zero-order valence-corrected chi connectivity index (χ0v) is 11.4. The highest BCUT2D eigenvalue weighted by Crippen LogP contribution is 2.15. The van der Waals surface area contributed by atoms with Gasteiger partial charge in [-0.05, 0) is 12.7 Å². The van der Waals surface area contributed by atoms with Gasteiger partial charge in [0.15, 0.2) is 11.2 Å². The van der Waals surface area contributed by atoms with Gasteiger partial charge in [-0.1, -0.05) is 6.92 Å². The average Bonchev–Trinajstić information content (AvgIpc) is 2.40. The first-order valence-corrected chi connectivity index (χ1v) is 6.84. The molecule has 0 radical (unpaired) electrons. The molecule has 0 bridgehead atoms. The topological polar surface area (TPSA) is 84.9 Å². The van der Waals surface area contributed by atoms with Gasteiger partial charge < -0.3 is 9.72 Å². The molecular weight excluding hydrogens is 266 g/mol. The van der Waals surface area contributed by atoms with Crippen LogP contribution in [0.1, 0.15) is 24.2 Å². The number of pyridine rings is 1. The number of ether oxygens (including phenoxy) is 1. The van der Waals surface area contributed by atoms with Gasteiger partial charge in [-0.15, -0.1) is 11.8 Å². The molecule has 0 saturated heterocycles. The van der Waals surface area contributed by atoms with Crippen LogP contribution in [0.5, 0.6) is 0 Å². The van der Waals surface area contributed by atoms with Gasteiger partial charge >= 0.3 is 5.97 Å². The highest BCUT2D eigenvalue weighted by molar-refractivity contribution is 7.99. The summed E-state index contributed by atoms with van der Waals surface area (Å²) in [6.07, 6.45) is 2.90. The molecule has 0 aliphatic heterocycles. The van der Waals surface area contributed by atoms with Gasteiger partial charge in [0.1, 0.15) is 10.6 Å². The number of aromatic amines is 1. The quantitative estimate of drug-likeness (QED) is 0.676. The van der Waals surface area contributed by atoms with Crippen molar-refractivity contribution in [1.29, 1.82) is 0 Å². The van der Waals surface area contributed by atoms with Gasteiger partial charge in [0.25, 0.3) is 0 Å². The monoisotopic (exact) mass is 279 g/mol. The Bertz CT molecular complexity index is 669. The smallest absolute Gasteiger partial charge is 0.343 e. The lowest BCUT2D eigenvalue weighted by Gasteiger charge is -2.03. The minimum Gasteiger partial charge on any atom is -0.462 e. The van der Waals surface area contributed by atoms with Crippen LogP contribution in [0.4, 0.5) is 0 Å². The Balaban J connectivity index is 2.55. The van der Waals surface area contributed by atoms with Crippen LogP contribution >= 0.6 is 11.8 Å². The Hall–Kier alpha value is -1.89. The van der Waals surface area contributed by atoms with Crippen molar-refractivity contribution in [3.63, 3.8) is 0 Å². The molecule has 0 fully saturated rings. The second-order valence-corrected chi connectivity index (χ2v) is 4.87. The van der Waals surface area contributed by atoms with E-state index in [1.807, 2.05) is 6.92 Å². The van der Waals surface area contributed by atoms with Crippen LogP contribution in [0.3, 0.4) is 0 Å². The fraction of sp³-hybridized carbons (Fsp3) is 0.333. The van der Waals surface area contributed by atoms with E-state index >= 15 is 0 Å². The van der Waals surface area contributed by atoms with Gasteiger partial charge in [-0.25, -0.2) is 14.8 Å². The lowest BCUT2D eigenvalue weighted by molar-refractivity contribution is 0.0524. The SMILES string of the molecule is CCOC(=O)c1c[nH]c2ncc(SCC)nc2c1=O. The van der Waals surface area contributed by atoms with E-state index in [-0.39, 0.29) is 17.7 Å². The number of H-pyrrole nitrogens is 1. The second kappa shape index (κ2) is 5.83. The molecule has 0 unspecified atom stereocenters. The summed E-state index contributed by atoms with van der Waals surface area (Å²) in [6, 6.07) is 0. The van der Waals surface area contributed by atoms with Crippen LogP contribution < -0.4 is 5.43 Å². The summed E-state index contributed by atoms with van der Waals surface area (Å²) in [4.78, 5) is 34.9. The molecular formula is C12H13N3O3S. The zero-order valence-electron chi connectivity index (χ0n) is 10.6. The predicted octanol–water partition coefficient (Wildman–Crippen LogP) is 1.61. The first kappa shape index (κ1) is 13.5. The maximum atomic E-state index is 12.2. The lowest BCUT2D eigenvalue weighted by atomic mass is 10.2. The number of hydrogen-bond donors (Lipinski definition) is 1. The Labute approximate surface area is 113 Å². The average molecular weight is 279 g/mol. The van der Waals surface area contributed by atoms with Crippen molar-refractivity contribution >= 4 is 28.9 Å². The van der Waals surface area contributed by atoms with E-state index in [4.69, 9.17) is 4.74 Å². The number of hydrogen-bond acceptors (Lipinski definition) is 6. The van der Waals surface area contributed by atoms with Crippen LogP contribution in [0.15, 0.2) is 22.2 Å². The molecule has 0 atom stereocenters. The van der Waals surface area contributed by atoms with Crippen molar-refractivity contribution in [2.45, 2.75) is 18.9 Å². The van der Waals surface area contributed by atoms with Crippen LogP contribution in [0.25, 0.3) is 11.2 Å². The molecule has 7 heteroatoms. The Morgan fingerprint density at radius 3 is 2.95 bits per heavy atom. The first-order chi connectivity index (χ1) is 9.17. The molecule has 0 amide bonds. The molecule has 1 N–H and O–H groups in total. The Morgan fingerprint density at radius 1 is 1.47 bits per heavy atom. The number of nitrogens with zero attached hydrogens (tertiary/aromatic N) is 2. The van der Waals surface area contributed by atoms with Gasteiger partial charge in [-0.2, -0.15) is 0 Å². The molecule has 0 aliphatic rings. The third kappa shape index (κ3) is 2.76. The van der Waals surface area contributed by atoms with Gasteiger partial charge in [0.2, 0.25) is 5.43 Å². The number of rotatable bonds is 4. The molecule has 6 nitrogen and oxygen atoms in total. The molecule has 2 aromatic rings. The number of nitrogens with one attached hydrogen (secondary N) is 1. The van der Waals surface area contributed by atoms with Gasteiger partial charge in [0, 0.05) is 6.20 Å². The number of carbonyl (C=O) groups excluding carboxylic acids is 1. The van der Waals surface area contributed by atoms with Crippen molar-refractivity contribution in [2.75, 3.05) is 12.4 Å². The third-order valence-electron chi connectivity index (χ3n) is 2.35. The normalized spacial score (nSPS) is 10.6. The van der Waals surface area contributed by atoms with E-state index in [0.29, 0.717) is 10.7 Å². The van der Waals surface area contributed by atoms with E-state index in [9.17, 15) is 9.59 Å². The van der Waals surface area contributed by atoms with E-state index in [0.717, 1.165) is 5.75 Å². The first-order valence-electron chi connectivity index (χ1n) is 5.85. The zero-order chi connectivity index (χ0) is 13.8. The molecule has 19 heavy (non-hydrogen) atoms. The summed E-state index contributed by atoms with van der Waals surface area (Å²) in [6.45, 7) is 3.88. The van der Waals surface area contributed by atoms with E-state index in [2.05, 4.69) is 15.0 Å². The maximum Gasteiger partial charge on any atom is 0.343 e. The standard InChI is InChI=1S/C12H13N3O3S/c1-3-18-12(17)7-5-13-11-9(10(7)16)15-8(6-14-11)19-4-2/h5-6H,3-4H2,1-2H3,(H,13,14,16). The van der Waals surface area contributed by atoms with Crippen LogP contribution in [-0.4, -0.2) is 33.3 Å². The van der Waals surface area contributed by atoms with Crippen molar-refractivity contribution < 1.29 is 9.53 Å². The fourth-order valence-corrected chi connectivity index (χ4v) is 2.13. The molecule has 2 heterocycles. The minimum atomic E-state index is -0.652.